The fourth-order valence-corrected chi connectivity index (χ4v) is 6.69. The maximum absolute atomic E-state index is 12.9. The number of amides is 1. The van der Waals surface area contributed by atoms with Crippen LogP contribution in [0.1, 0.15) is 44.9 Å². The molecule has 7 heteroatoms. The first kappa shape index (κ1) is 19.5. The molecule has 1 amide bonds. The highest BCUT2D eigenvalue weighted by molar-refractivity contribution is 5.91. The third-order valence-corrected chi connectivity index (χ3v) is 7.43. The standard InChI is InChI=1S/C25H27N5O2/c31-23(15-25-12-17-8-18(13-25)10-19(9-17)14-25)29-20-2-4-21(5-3-20)32-24-11-22(26-16-27-24)30-7-1-6-28-30/h1-7,11,16-19H,8-10,12-15H2,(H,29,31). The maximum Gasteiger partial charge on any atom is 0.224 e. The van der Waals surface area contributed by atoms with Crippen molar-refractivity contribution in [3.63, 3.8) is 0 Å². The summed E-state index contributed by atoms with van der Waals surface area (Å²) in [4.78, 5) is 21.2. The first-order valence-corrected chi connectivity index (χ1v) is 11.5. The zero-order valence-corrected chi connectivity index (χ0v) is 18.0. The molecule has 0 atom stereocenters. The zero-order chi connectivity index (χ0) is 21.5. The Labute approximate surface area is 187 Å². The van der Waals surface area contributed by atoms with Gasteiger partial charge in [0.2, 0.25) is 11.8 Å². The molecule has 0 saturated heterocycles. The predicted octanol–water partition coefficient (Wildman–Crippen LogP) is 5.00. The molecular weight excluding hydrogens is 402 g/mol. The van der Waals surface area contributed by atoms with Gasteiger partial charge in [-0.3, -0.25) is 4.79 Å². The van der Waals surface area contributed by atoms with Gasteiger partial charge in [0.05, 0.1) is 0 Å². The Bertz CT molecular complexity index is 1070. The average molecular weight is 430 g/mol. The number of carbonyl (C=O) groups excluding carboxylic acids is 1. The van der Waals surface area contributed by atoms with E-state index in [4.69, 9.17) is 4.74 Å². The van der Waals surface area contributed by atoms with Gasteiger partial charge >= 0.3 is 0 Å². The Balaban J connectivity index is 1.08. The van der Waals surface area contributed by atoms with E-state index in [0.717, 1.165) is 23.4 Å². The number of hydrogen-bond donors (Lipinski definition) is 1. The lowest BCUT2D eigenvalue weighted by Gasteiger charge is -2.56. The fourth-order valence-electron chi connectivity index (χ4n) is 6.69. The number of nitrogens with zero attached hydrogens (tertiary/aromatic N) is 4. The zero-order valence-electron chi connectivity index (χ0n) is 18.0. The van der Waals surface area contributed by atoms with Gasteiger partial charge in [-0.2, -0.15) is 5.10 Å². The van der Waals surface area contributed by atoms with Gasteiger partial charge in [-0.05, 0) is 92.0 Å². The van der Waals surface area contributed by atoms with E-state index in [0.29, 0.717) is 23.9 Å². The molecule has 0 aliphatic heterocycles. The highest BCUT2D eigenvalue weighted by atomic mass is 16.5. The lowest BCUT2D eigenvalue weighted by Crippen LogP contribution is -2.47. The monoisotopic (exact) mass is 429 g/mol. The van der Waals surface area contributed by atoms with Gasteiger partial charge in [0.25, 0.3) is 0 Å². The lowest BCUT2D eigenvalue weighted by molar-refractivity contribution is -0.124. The minimum absolute atomic E-state index is 0.139. The topological polar surface area (TPSA) is 81.9 Å². The van der Waals surface area contributed by atoms with Crippen LogP contribution in [0.5, 0.6) is 11.6 Å². The highest BCUT2D eigenvalue weighted by Gasteiger charge is 2.51. The number of aromatic nitrogens is 4. The van der Waals surface area contributed by atoms with E-state index < -0.39 is 0 Å². The summed E-state index contributed by atoms with van der Waals surface area (Å²) in [7, 11) is 0. The van der Waals surface area contributed by atoms with Crippen LogP contribution in [0.15, 0.2) is 55.1 Å². The third-order valence-electron chi connectivity index (χ3n) is 7.43. The molecule has 0 unspecified atom stereocenters. The molecule has 1 N–H and O–H groups in total. The van der Waals surface area contributed by atoms with E-state index in [-0.39, 0.29) is 11.3 Å². The summed E-state index contributed by atoms with van der Waals surface area (Å²) in [5.41, 5.74) is 1.05. The normalized spacial score (nSPS) is 27.9. The summed E-state index contributed by atoms with van der Waals surface area (Å²) in [5.74, 6) is 4.44. The average Bonchev–Trinajstić information content (AvgIpc) is 3.29. The van der Waals surface area contributed by atoms with Gasteiger partial charge < -0.3 is 10.1 Å². The van der Waals surface area contributed by atoms with Gasteiger partial charge in [-0.25, -0.2) is 14.6 Å². The largest absolute Gasteiger partial charge is 0.439 e. The molecule has 4 fully saturated rings. The summed E-state index contributed by atoms with van der Waals surface area (Å²) >= 11 is 0. The van der Waals surface area contributed by atoms with E-state index >= 15 is 0 Å². The van der Waals surface area contributed by atoms with E-state index in [1.807, 2.05) is 36.5 Å². The maximum atomic E-state index is 12.9. The number of benzene rings is 1. The quantitative estimate of drug-likeness (QED) is 0.596. The molecule has 4 bridgehead atoms. The van der Waals surface area contributed by atoms with E-state index in [1.54, 1.807) is 16.9 Å². The van der Waals surface area contributed by atoms with Crippen molar-refractivity contribution in [1.29, 1.82) is 0 Å². The number of rotatable bonds is 6. The van der Waals surface area contributed by atoms with Crippen molar-refractivity contribution in [1.82, 2.24) is 19.7 Å². The number of nitrogens with one attached hydrogen (secondary N) is 1. The Morgan fingerprint density at radius 3 is 2.44 bits per heavy atom. The lowest BCUT2D eigenvalue weighted by atomic mass is 9.49. The van der Waals surface area contributed by atoms with Crippen LogP contribution in [0.2, 0.25) is 0 Å². The molecule has 4 aliphatic carbocycles. The van der Waals surface area contributed by atoms with Crippen molar-refractivity contribution in [3.8, 4) is 17.4 Å². The molecule has 2 heterocycles. The van der Waals surface area contributed by atoms with Crippen LogP contribution in [0.3, 0.4) is 0 Å². The fraction of sp³-hybridized carbons (Fsp3) is 0.440. The molecular formula is C25H27N5O2. The first-order chi connectivity index (χ1) is 15.6. The molecule has 1 aromatic carbocycles. The summed E-state index contributed by atoms with van der Waals surface area (Å²) in [5, 5.41) is 7.28. The van der Waals surface area contributed by atoms with Crippen molar-refractivity contribution in [2.75, 3.05) is 5.32 Å². The van der Waals surface area contributed by atoms with E-state index in [9.17, 15) is 4.79 Å². The summed E-state index contributed by atoms with van der Waals surface area (Å²) < 4.78 is 7.51. The van der Waals surface area contributed by atoms with Gasteiger partial charge in [0, 0.05) is 30.6 Å². The molecule has 0 spiro atoms. The summed E-state index contributed by atoms with van der Waals surface area (Å²) in [6.07, 6.45) is 13.6. The Morgan fingerprint density at radius 2 is 1.78 bits per heavy atom. The molecule has 4 saturated carbocycles. The van der Waals surface area contributed by atoms with Crippen LogP contribution >= 0.6 is 0 Å². The van der Waals surface area contributed by atoms with E-state index in [1.165, 1.54) is 44.9 Å². The molecule has 32 heavy (non-hydrogen) atoms. The number of hydrogen-bond acceptors (Lipinski definition) is 5. The molecule has 2 aromatic heterocycles. The predicted molar refractivity (Wildman–Crippen MR) is 120 cm³/mol. The third kappa shape index (κ3) is 3.87. The summed E-state index contributed by atoms with van der Waals surface area (Å²) in [6.45, 7) is 0. The molecule has 0 radical (unpaired) electrons. The molecule has 164 valence electrons. The van der Waals surface area contributed by atoms with Crippen molar-refractivity contribution in [3.05, 3.63) is 55.1 Å². The molecule has 7 rings (SSSR count). The van der Waals surface area contributed by atoms with Crippen LogP contribution in [-0.2, 0) is 4.79 Å². The second-order valence-corrected chi connectivity index (χ2v) is 9.93. The molecule has 4 aliphatic rings. The van der Waals surface area contributed by atoms with Crippen LogP contribution in [0.25, 0.3) is 5.82 Å². The van der Waals surface area contributed by atoms with Crippen molar-refractivity contribution in [2.24, 2.45) is 23.2 Å². The van der Waals surface area contributed by atoms with Gasteiger partial charge in [-0.1, -0.05) is 0 Å². The number of ether oxygens (including phenoxy) is 1. The highest BCUT2D eigenvalue weighted by Crippen LogP contribution is 2.61. The number of carbonyl (C=O) groups is 1. The molecule has 7 nitrogen and oxygen atoms in total. The SMILES string of the molecule is O=C(CC12CC3CC(CC(C3)C1)C2)Nc1ccc(Oc2cc(-n3cccn3)ncn2)cc1. The van der Waals surface area contributed by atoms with Crippen molar-refractivity contribution in [2.45, 2.75) is 44.9 Å². The van der Waals surface area contributed by atoms with E-state index in [2.05, 4.69) is 20.4 Å². The first-order valence-electron chi connectivity index (χ1n) is 11.5. The second kappa shape index (κ2) is 7.73. The van der Waals surface area contributed by atoms with Crippen LogP contribution in [0.4, 0.5) is 5.69 Å². The van der Waals surface area contributed by atoms with Crippen LogP contribution in [0, 0.1) is 23.2 Å². The minimum atomic E-state index is 0.139. The van der Waals surface area contributed by atoms with Crippen LogP contribution < -0.4 is 10.1 Å². The van der Waals surface area contributed by atoms with Crippen molar-refractivity contribution >= 4 is 11.6 Å². The van der Waals surface area contributed by atoms with Gasteiger partial charge in [-0.15, -0.1) is 0 Å². The Kier molecular flexibility index (Phi) is 4.70. The smallest absolute Gasteiger partial charge is 0.224 e. The van der Waals surface area contributed by atoms with Crippen LogP contribution in [-0.4, -0.2) is 25.7 Å². The second-order valence-electron chi connectivity index (χ2n) is 9.93. The Hall–Kier alpha value is -3.22. The van der Waals surface area contributed by atoms with Gasteiger partial charge in [0.1, 0.15) is 12.1 Å². The van der Waals surface area contributed by atoms with Gasteiger partial charge in [0.15, 0.2) is 5.82 Å². The molecule has 3 aromatic rings. The van der Waals surface area contributed by atoms with Crippen molar-refractivity contribution < 1.29 is 9.53 Å². The number of anilines is 1. The Morgan fingerprint density at radius 1 is 1.06 bits per heavy atom. The minimum Gasteiger partial charge on any atom is -0.439 e. The summed E-state index contributed by atoms with van der Waals surface area (Å²) in [6, 6.07) is 11.0.